The minimum absolute atomic E-state index is 0.0140. The summed E-state index contributed by atoms with van der Waals surface area (Å²) in [6.45, 7) is 3.53. The van der Waals surface area contributed by atoms with Gasteiger partial charge in [0.05, 0.1) is 22.8 Å². The molecule has 0 spiro atoms. The topological polar surface area (TPSA) is 132 Å². The van der Waals surface area contributed by atoms with Crippen molar-refractivity contribution in [2.24, 2.45) is 0 Å². The molecule has 1 amide bonds. The largest absolute Gasteiger partial charge is 0.492 e. The van der Waals surface area contributed by atoms with Crippen LogP contribution in [0.3, 0.4) is 0 Å². The van der Waals surface area contributed by atoms with Crippen LogP contribution in [0.1, 0.15) is 23.0 Å². The minimum Gasteiger partial charge on any atom is -0.492 e. The summed E-state index contributed by atoms with van der Waals surface area (Å²) in [4.78, 5) is 26.6. The summed E-state index contributed by atoms with van der Waals surface area (Å²) in [5.41, 5.74) is 0.188. The van der Waals surface area contributed by atoms with E-state index in [4.69, 9.17) is 4.74 Å². The molecule has 0 saturated carbocycles. The fraction of sp³-hybridized carbons (Fsp3) is 0.294. The van der Waals surface area contributed by atoms with Crippen molar-refractivity contribution in [3.8, 4) is 5.75 Å². The molecule has 0 atom stereocenters. The van der Waals surface area contributed by atoms with Crippen molar-refractivity contribution in [2.75, 3.05) is 26.0 Å². The van der Waals surface area contributed by atoms with Crippen LogP contribution in [0.5, 0.6) is 5.75 Å². The maximum absolute atomic E-state index is 12.6. The van der Waals surface area contributed by atoms with Crippen LogP contribution in [-0.4, -0.2) is 49.2 Å². The van der Waals surface area contributed by atoms with Crippen molar-refractivity contribution in [1.82, 2.24) is 9.29 Å². The Kier molecular flexibility index (Phi) is 6.31. The summed E-state index contributed by atoms with van der Waals surface area (Å²) < 4.78 is 31.5. The maximum atomic E-state index is 12.6. The van der Waals surface area contributed by atoms with Gasteiger partial charge in [0.1, 0.15) is 16.8 Å². The molecule has 0 aliphatic heterocycles. The number of ether oxygens (including phenoxy) is 1. The van der Waals surface area contributed by atoms with Crippen LogP contribution in [0.15, 0.2) is 35.4 Å². The number of anilines is 1. The third kappa shape index (κ3) is 4.43. The Hall–Kier alpha value is -3.05. The van der Waals surface area contributed by atoms with Crippen molar-refractivity contribution < 1.29 is 22.9 Å². The van der Waals surface area contributed by atoms with Gasteiger partial charge in [-0.1, -0.05) is 0 Å². The summed E-state index contributed by atoms with van der Waals surface area (Å²) in [5, 5.41) is 13.5. The minimum atomic E-state index is -3.82. The molecule has 1 aromatic carbocycles. The van der Waals surface area contributed by atoms with Gasteiger partial charge in [-0.25, -0.2) is 12.7 Å². The zero-order valence-corrected chi connectivity index (χ0v) is 16.6. The Balaban J connectivity index is 2.43. The lowest BCUT2D eigenvalue weighted by molar-refractivity contribution is -0.385. The average molecular weight is 408 g/mol. The molecule has 0 fully saturated rings. The molecule has 0 unspecified atom stereocenters. The van der Waals surface area contributed by atoms with Crippen molar-refractivity contribution in [3.05, 3.63) is 51.8 Å². The van der Waals surface area contributed by atoms with Crippen molar-refractivity contribution in [2.45, 2.75) is 18.7 Å². The highest BCUT2D eigenvalue weighted by Crippen LogP contribution is 2.29. The fourth-order valence-corrected chi connectivity index (χ4v) is 3.36. The predicted molar refractivity (Wildman–Crippen MR) is 102 cm³/mol. The van der Waals surface area contributed by atoms with Gasteiger partial charge in [-0.15, -0.1) is 0 Å². The number of nitro groups is 1. The van der Waals surface area contributed by atoms with Crippen LogP contribution in [0.4, 0.5) is 11.4 Å². The van der Waals surface area contributed by atoms with Crippen LogP contribution >= 0.6 is 0 Å². The third-order valence-corrected chi connectivity index (χ3v) is 5.62. The van der Waals surface area contributed by atoms with Crippen molar-refractivity contribution in [1.29, 1.82) is 0 Å². The molecule has 1 aromatic heterocycles. The highest BCUT2D eigenvalue weighted by atomic mass is 32.2. The lowest BCUT2D eigenvalue weighted by atomic mass is 10.1. The number of carbonyl (C=O) groups is 1. The highest BCUT2D eigenvalue weighted by Gasteiger charge is 2.24. The van der Waals surface area contributed by atoms with Crippen molar-refractivity contribution >= 4 is 27.3 Å². The van der Waals surface area contributed by atoms with Gasteiger partial charge in [0.25, 0.3) is 11.6 Å². The molecule has 28 heavy (non-hydrogen) atoms. The number of rotatable bonds is 7. The SMILES string of the molecule is CCOc1ccc(NC(=O)c2cc([N+](=O)[O-])cnc2C)cc1S(=O)(=O)N(C)C. The number of hydrogen-bond donors (Lipinski definition) is 1. The molecule has 1 heterocycles. The number of hydrogen-bond acceptors (Lipinski definition) is 7. The Bertz CT molecular complexity index is 1020. The lowest BCUT2D eigenvalue weighted by Crippen LogP contribution is -2.23. The van der Waals surface area contributed by atoms with E-state index in [0.29, 0.717) is 5.69 Å². The summed E-state index contributed by atoms with van der Waals surface area (Å²) in [6, 6.07) is 5.31. The van der Waals surface area contributed by atoms with Gasteiger partial charge in [0, 0.05) is 25.8 Å². The highest BCUT2D eigenvalue weighted by molar-refractivity contribution is 7.89. The van der Waals surface area contributed by atoms with E-state index in [1.54, 1.807) is 13.8 Å². The quantitative estimate of drug-likeness (QED) is 0.548. The first-order valence-electron chi connectivity index (χ1n) is 8.19. The summed E-state index contributed by atoms with van der Waals surface area (Å²) >= 11 is 0. The van der Waals surface area contributed by atoms with Crippen LogP contribution < -0.4 is 10.1 Å². The number of sulfonamides is 1. The van der Waals surface area contributed by atoms with Gasteiger partial charge in [-0.3, -0.25) is 19.9 Å². The number of benzene rings is 1. The van der Waals surface area contributed by atoms with E-state index in [9.17, 15) is 23.3 Å². The molecular formula is C17H20N4O6S. The van der Waals surface area contributed by atoms with Gasteiger partial charge in [-0.05, 0) is 32.0 Å². The molecule has 150 valence electrons. The monoisotopic (exact) mass is 408 g/mol. The van der Waals surface area contributed by atoms with Crippen LogP contribution in [0.25, 0.3) is 0 Å². The Morgan fingerprint density at radius 1 is 1.32 bits per heavy atom. The van der Waals surface area contributed by atoms with E-state index in [-0.39, 0.29) is 34.2 Å². The second-order valence-corrected chi connectivity index (χ2v) is 8.04. The molecule has 10 nitrogen and oxygen atoms in total. The number of aromatic nitrogens is 1. The number of pyridine rings is 1. The molecule has 11 heteroatoms. The van der Waals surface area contributed by atoms with E-state index in [1.807, 2.05) is 0 Å². The predicted octanol–water partition coefficient (Wildman–Crippen LogP) is 2.20. The van der Waals surface area contributed by atoms with Gasteiger partial charge in [0.2, 0.25) is 10.0 Å². The smallest absolute Gasteiger partial charge is 0.288 e. The van der Waals surface area contributed by atoms with Crippen molar-refractivity contribution in [3.63, 3.8) is 0 Å². The first kappa shape index (κ1) is 21.3. The standard InChI is InChI=1S/C17H20N4O6S/c1-5-27-15-7-6-12(8-16(15)28(25,26)20(3)4)19-17(22)14-9-13(21(23)24)10-18-11(14)2/h6-10H,5H2,1-4H3,(H,19,22). The maximum Gasteiger partial charge on any atom is 0.288 e. The molecule has 1 N–H and O–H groups in total. The normalized spacial score (nSPS) is 11.3. The van der Waals surface area contributed by atoms with Crippen LogP contribution in [-0.2, 0) is 10.0 Å². The molecule has 2 aromatic rings. The van der Waals surface area contributed by atoms with E-state index >= 15 is 0 Å². The second-order valence-electron chi connectivity index (χ2n) is 5.92. The van der Waals surface area contributed by atoms with E-state index < -0.39 is 20.9 Å². The molecule has 0 radical (unpaired) electrons. The number of amides is 1. The summed E-state index contributed by atoms with van der Waals surface area (Å²) in [6.07, 6.45) is 1.06. The fourth-order valence-electron chi connectivity index (χ4n) is 2.31. The molecular weight excluding hydrogens is 388 g/mol. The Labute approximate surface area is 162 Å². The molecule has 0 aliphatic rings. The Morgan fingerprint density at radius 3 is 2.57 bits per heavy atom. The zero-order chi connectivity index (χ0) is 21.1. The van der Waals surface area contributed by atoms with Gasteiger partial charge in [0.15, 0.2) is 0 Å². The first-order valence-corrected chi connectivity index (χ1v) is 9.63. The van der Waals surface area contributed by atoms with Gasteiger partial charge >= 0.3 is 0 Å². The number of carbonyl (C=O) groups excluding carboxylic acids is 1. The summed E-state index contributed by atoms with van der Waals surface area (Å²) in [7, 11) is -1.06. The molecule has 0 saturated heterocycles. The first-order chi connectivity index (χ1) is 13.1. The Morgan fingerprint density at radius 2 is 2.00 bits per heavy atom. The third-order valence-electron chi connectivity index (χ3n) is 3.79. The number of nitrogens with one attached hydrogen (secondary N) is 1. The lowest BCUT2D eigenvalue weighted by Gasteiger charge is -2.16. The van der Waals surface area contributed by atoms with E-state index in [2.05, 4.69) is 10.3 Å². The number of nitrogens with zero attached hydrogens (tertiary/aromatic N) is 3. The van der Waals surface area contributed by atoms with E-state index in [1.165, 1.54) is 32.3 Å². The molecule has 2 rings (SSSR count). The zero-order valence-electron chi connectivity index (χ0n) is 15.8. The van der Waals surface area contributed by atoms with Crippen LogP contribution in [0.2, 0.25) is 0 Å². The van der Waals surface area contributed by atoms with E-state index in [0.717, 1.165) is 16.6 Å². The van der Waals surface area contributed by atoms with Crippen LogP contribution in [0, 0.1) is 17.0 Å². The second kappa shape index (κ2) is 8.31. The van der Waals surface area contributed by atoms with Gasteiger partial charge < -0.3 is 10.1 Å². The average Bonchev–Trinajstić information content (AvgIpc) is 2.63. The number of aryl methyl sites for hydroxylation is 1. The van der Waals surface area contributed by atoms with Gasteiger partial charge in [-0.2, -0.15) is 0 Å². The summed E-state index contributed by atoms with van der Waals surface area (Å²) in [5.74, 6) is -0.492. The molecule has 0 bridgehead atoms. The molecule has 0 aliphatic carbocycles.